The van der Waals surface area contributed by atoms with Crippen molar-refractivity contribution in [2.45, 2.75) is 57.6 Å². The van der Waals surface area contributed by atoms with Gasteiger partial charge in [-0.2, -0.15) is 0 Å². The van der Waals surface area contributed by atoms with E-state index in [2.05, 4.69) is 60.1 Å². The summed E-state index contributed by atoms with van der Waals surface area (Å²) < 4.78 is 6.00. The summed E-state index contributed by atoms with van der Waals surface area (Å²) in [5.74, 6) is 5.38. The molecule has 0 bridgehead atoms. The van der Waals surface area contributed by atoms with E-state index in [0.29, 0.717) is 6.61 Å². The van der Waals surface area contributed by atoms with Crippen LogP contribution in [0.3, 0.4) is 0 Å². The number of aliphatic carboxylic acids is 1. The number of carbonyl (C=O) groups is 1. The summed E-state index contributed by atoms with van der Waals surface area (Å²) in [6.45, 7) is 7.33. The van der Waals surface area contributed by atoms with Crippen LogP contribution >= 0.6 is 11.3 Å². The highest BCUT2D eigenvalue weighted by Gasteiger charge is 2.37. The van der Waals surface area contributed by atoms with Gasteiger partial charge in [-0.25, -0.2) is 4.98 Å². The van der Waals surface area contributed by atoms with Crippen LogP contribution < -0.4 is 4.74 Å². The van der Waals surface area contributed by atoms with Gasteiger partial charge in [0.25, 0.3) is 0 Å². The van der Waals surface area contributed by atoms with Gasteiger partial charge in [-0.15, -0.1) is 17.3 Å². The van der Waals surface area contributed by atoms with Crippen molar-refractivity contribution < 1.29 is 14.6 Å². The molecule has 1 spiro atoms. The number of allylic oxidation sites excluding steroid dienone is 1. The lowest BCUT2D eigenvalue weighted by Gasteiger charge is -2.39. The van der Waals surface area contributed by atoms with Crippen molar-refractivity contribution in [2.75, 3.05) is 13.1 Å². The minimum absolute atomic E-state index is 0.00971. The van der Waals surface area contributed by atoms with Gasteiger partial charge in [0.1, 0.15) is 17.4 Å². The van der Waals surface area contributed by atoms with E-state index in [9.17, 15) is 4.79 Å². The molecule has 5 nitrogen and oxygen atoms in total. The van der Waals surface area contributed by atoms with Crippen LogP contribution in [0.25, 0.3) is 6.08 Å². The zero-order valence-corrected chi connectivity index (χ0v) is 22.2. The van der Waals surface area contributed by atoms with E-state index in [4.69, 9.17) is 14.8 Å². The standard InChI is InChI=1S/C31H32N2O3S/c1-3-6-25(19-30(34)35)23-9-11-26(12-10-23)36-21-29-32-22(2)28(37-29)20-33-17-15-31(16-18-33)14-13-24-7-4-5-8-27(24)31/h4-5,7-14,25H,15-21H2,1-2H3,(H,34,35). The molecule has 3 aromatic rings. The fourth-order valence-corrected chi connectivity index (χ4v) is 6.45. The first-order valence-corrected chi connectivity index (χ1v) is 13.6. The van der Waals surface area contributed by atoms with Crippen LogP contribution in [0.5, 0.6) is 5.75 Å². The summed E-state index contributed by atoms with van der Waals surface area (Å²) >= 11 is 1.73. The van der Waals surface area contributed by atoms with Crippen LogP contribution in [0.1, 0.15) is 64.4 Å². The van der Waals surface area contributed by atoms with Crippen molar-refractivity contribution in [3.05, 3.63) is 86.9 Å². The summed E-state index contributed by atoms with van der Waals surface area (Å²) in [5, 5.41) is 10.1. The maximum atomic E-state index is 11.1. The molecular weight excluding hydrogens is 480 g/mol. The maximum absolute atomic E-state index is 11.1. The monoisotopic (exact) mass is 512 g/mol. The average Bonchev–Trinajstić information content (AvgIpc) is 3.44. The minimum atomic E-state index is -0.854. The molecule has 1 aromatic heterocycles. The summed E-state index contributed by atoms with van der Waals surface area (Å²) in [7, 11) is 0. The first-order valence-electron chi connectivity index (χ1n) is 12.8. The van der Waals surface area contributed by atoms with Crippen molar-refractivity contribution in [1.29, 1.82) is 0 Å². The number of likely N-dealkylation sites (tertiary alicyclic amines) is 1. The molecule has 1 saturated heterocycles. The lowest BCUT2D eigenvalue weighted by Crippen LogP contribution is -2.40. The van der Waals surface area contributed by atoms with Crippen molar-refractivity contribution in [3.63, 3.8) is 0 Å². The van der Waals surface area contributed by atoms with Crippen LogP contribution in [-0.2, 0) is 23.4 Å². The molecule has 1 aliphatic heterocycles. The Bertz CT molecular complexity index is 1360. The van der Waals surface area contributed by atoms with Crippen LogP contribution in [0.2, 0.25) is 0 Å². The van der Waals surface area contributed by atoms with E-state index in [0.717, 1.165) is 54.5 Å². The number of nitrogens with zero attached hydrogens (tertiary/aromatic N) is 2. The number of hydrogen-bond acceptors (Lipinski definition) is 5. The number of rotatable bonds is 8. The number of aromatic nitrogens is 1. The third-order valence-electron chi connectivity index (χ3n) is 7.47. The Morgan fingerprint density at radius 2 is 1.95 bits per heavy atom. The number of benzene rings is 2. The highest BCUT2D eigenvalue weighted by Crippen LogP contribution is 2.44. The number of hydrogen-bond donors (Lipinski definition) is 1. The van der Waals surface area contributed by atoms with E-state index in [1.807, 2.05) is 24.3 Å². The molecule has 0 amide bonds. The van der Waals surface area contributed by atoms with Gasteiger partial charge in [-0.05, 0) is 68.6 Å². The number of fused-ring (bicyclic) bond motifs is 2. The van der Waals surface area contributed by atoms with Crippen LogP contribution in [-0.4, -0.2) is 34.0 Å². The molecule has 1 N–H and O–H groups in total. The zero-order valence-electron chi connectivity index (χ0n) is 21.4. The summed E-state index contributed by atoms with van der Waals surface area (Å²) in [4.78, 5) is 19.8. The quantitative estimate of drug-likeness (QED) is 0.366. The van der Waals surface area contributed by atoms with Crippen molar-refractivity contribution in [2.24, 2.45) is 0 Å². The Morgan fingerprint density at radius 3 is 2.68 bits per heavy atom. The third kappa shape index (κ3) is 5.64. The molecule has 5 rings (SSSR count). The van der Waals surface area contributed by atoms with E-state index in [1.54, 1.807) is 18.3 Å². The lowest BCUT2D eigenvalue weighted by atomic mass is 9.74. The number of ether oxygens (including phenoxy) is 1. The second kappa shape index (κ2) is 10.9. The molecule has 1 unspecified atom stereocenters. The number of thiazole rings is 1. The van der Waals surface area contributed by atoms with E-state index in [1.165, 1.54) is 16.0 Å². The number of carboxylic acids is 1. The van der Waals surface area contributed by atoms with Crippen LogP contribution in [0.15, 0.2) is 54.6 Å². The maximum Gasteiger partial charge on any atom is 0.304 e. The Balaban J connectivity index is 1.15. The predicted octanol–water partition coefficient (Wildman–Crippen LogP) is 6.17. The van der Waals surface area contributed by atoms with Gasteiger partial charge in [0.2, 0.25) is 0 Å². The van der Waals surface area contributed by atoms with Gasteiger partial charge in [-0.3, -0.25) is 9.69 Å². The van der Waals surface area contributed by atoms with Gasteiger partial charge < -0.3 is 9.84 Å². The fraction of sp³-hybridized carbons (Fsp3) is 0.355. The first kappa shape index (κ1) is 25.3. The molecule has 2 aromatic carbocycles. The molecule has 1 atom stereocenters. The Kier molecular flexibility index (Phi) is 7.45. The zero-order chi connectivity index (χ0) is 25.8. The first-order chi connectivity index (χ1) is 18.0. The predicted molar refractivity (Wildman–Crippen MR) is 148 cm³/mol. The Morgan fingerprint density at radius 1 is 1.19 bits per heavy atom. The highest BCUT2D eigenvalue weighted by molar-refractivity contribution is 7.11. The molecule has 190 valence electrons. The Labute approximate surface area is 222 Å². The summed E-state index contributed by atoms with van der Waals surface area (Å²) in [5.41, 5.74) is 5.05. The molecule has 37 heavy (non-hydrogen) atoms. The SMILES string of the molecule is CC#CC(CC(=O)O)c1ccc(OCc2nc(C)c(CN3CCC4(C=Cc5ccccc54)CC3)s2)cc1. The highest BCUT2D eigenvalue weighted by atomic mass is 32.1. The Hall–Kier alpha value is -3.40. The topological polar surface area (TPSA) is 62.7 Å². The average molecular weight is 513 g/mol. The second-order valence-corrected chi connectivity index (χ2v) is 11.0. The largest absolute Gasteiger partial charge is 0.486 e. The second-order valence-electron chi connectivity index (χ2n) is 9.87. The molecule has 0 saturated carbocycles. The normalized spacial score (nSPS) is 16.7. The fourth-order valence-electron chi connectivity index (χ4n) is 5.42. The lowest BCUT2D eigenvalue weighted by molar-refractivity contribution is -0.137. The van der Waals surface area contributed by atoms with Gasteiger partial charge in [0.05, 0.1) is 18.0 Å². The number of carboxylic acid groups (broad SMARTS) is 1. The third-order valence-corrected chi connectivity index (χ3v) is 8.59. The molecule has 2 heterocycles. The molecule has 1 aliphatic carbocycles. The van der Waals surface area contributed by atoms with Crippen LogP contribution in [0.4, 0.5) is 0 Å². The molecule has 2 aliphatic rings. The van der Waals surface area contributed by atoms with E-state index >= 15 is 0 Å². The van der Waals surface area contributed by atoms with Crippen molar-refractivity contribution in [1.82, 2.24) is 9.88 Å². The molecular formula is C31H32N2O3S. The van der Waals surface area contributed by atoms with Gasteiger partial charge in [0, 0.05) is 16.8 Å². The summed E-state index contributed by atoms with van der Waals surface area (Å²) in [6.07, 6.45) is 7.03. The van der Waals surface area contributed by atoms with E-state index in [-0.39, 0.29) is 17.8 Å². The van der Waals surface area contributed by atoms with E-state index < -0.39 is 5.97 Å². The molecule has 0 radical (unpaired) electrons. The van der Waals surface area contributed by atoms with Gasteiger partial charge in [-0.1, -0.05) is 54.5 Å². The molecule has 1 fully saturated rings. The van der Waals surface area contributed by atoms with Crippen molar-refractivity contribution >= 4 is 23.4 Å². The number of aryl methyl sites for hydroxylation is 1. The summed E-state index contributed by atoms with van der Waals surface area (Å²) in [6, 6.07) is 16.4. The molecule has 6 heteroatoms. The number of piperidine rings is 1. The smallest absolute Gasteiger partial charge is 0.304 e. The minimum Gasteiger partial charge on any atom is -0.486 e. The van der Waals surface area contributed by atoms with Gasteiger partial charge in [0.15, 0.2) is 0 Å². The van der Waals surface area contributed by atoms with Crippen LogP contribution in [0, 0.1) is 18.8 Å². The van der Waals surface area contributed by atoms with Crippen molar-refractivity contribution in [3.8, 4) is 17.6 Å². The van der Waals surface area contributed by atoms with Gasteiger partial charge >= 0.3 is 5.97 Å².